The Morgan fingerprint density at radius 3 is 2.70 bits per heavy atom. The van der Waals surface area contributed by atoms with E-state index in [2.05, 4.69) is 5.32 Å². The summed E-state index contributed by atoms with van der Waals surface area (Å²) in [7, 11) is 0. The summed E-state index contributed by atoms with van der Waals surface area (Å²) in [6.45, 7) is 2.35. The molecule has 0 saturated heterocycles. The van der Waals surface area contributed by atoms with E-state index in [0.717, 1.165) is 17.2 Å². The highest BCUT2D eigenvalue weighted by Crippen LogP contribution is 2.31. The van der Waals surface area contributed by atoms with E-state index < -0.39 is 11.3 Å². The highest BCUT2D eigenvalue weighted by Gasteiger charge is 2.17. The topological polar surface area (TPSA) is 55.2 Å². The fourth-order valence-electron chi connectivity index (χ4n) is 1.76. The third-order valence-corrected chi connectivity index (χ3v) is 3.82. The van der Waals surface area contributed by atoms with Crippen molar-refractivity contribution in [1.29, 1.82) is 0 Å². The summed E-state index contributed by atoms with van der Waals surface area (Å²) in [4.78, 5) is 9.94. The van der Waals surface area contributed by atoms with Gasteiger partial charge in [-0.15, -0.1) is 0 Å². The van der Waals surface area contributed by atoms with Gasteiger partial charge < -0.3 is 5.32 Å². The van der Waals surface area contributed by atoms with Crippen LogP contribution in [0.3, 0.4) is 0 Å². The van der Waals surface area contributed by atoms with Crippen LogP contribution in [0.25, 0.3) is 0 Å². The van der Waals surface area contributed by atoms with Crippen LogP contribution >= 0.6 is 11.3 Å². The highest BCUT2D eigenvalue weighted by atomic mass is 32.1. The lowest BCUT2D eigenvalue weighted by atomic mass is 10.1. The summed E-state index contributed by atoms with van der Waals surface area (Å²) in [6.07, 6.45) is -2.76. The predicted octanol–water partition coefficient (Wildman–Crippen LogP) is 4.51. The van der Waals surface area contributed by atoms with Crippen LogP contribution in [0.5, 0.6) is 0 Å². The first-order chi connectivity index (χ1) is 9.49. The van der Waals surface area contributed by atoms with Gasteiger partial charge in [0.25, 0.3) is 12.1 Å². The SMILES string of the molecule is Cc1cscc1CNc1ccc([N+](=O)[O-])cc1C(F)F. The van der Waals surface area contributed by atoms with Crippen LogP contribution < -0.4 is 5.32 Å². The summed E-state index contributed by atoms with van der Waals surface area (Å²) in [6, 6.07) is 3.45. The van der Waals surface area contributed by atoms with Gasteiger partial charge in [0.15, 0.2) is 0 Å². The average Bonchev–Trinajstić information content (AvgIpc) is 2.81. The largest absolute Gasteiger partial charge is 0.381 e. The van der Waals surface area contributed by atoms with Gasteiger partial charge in [0, 0.05) is 29.9 Å². The van der Waals surface area contributed by atoms with E-state index in [-0.39, 0.29) is 16.9 Å². The number of thiophene rings is 1. The molecule has 0 fully saturated rings. The molecular formula is C13H12F2N2O2S. The summed E-state index contributed by atoms with van der Waals surface area (Å²) in [5, 5.41) is 17.4. The normalized spacial score (nSPS) is 10.8. The number of halogens is 2. The molecule has 0 radical (unpaired) electrons. The number of rotatable bonds is 5. The van der Waals surface area contributed by atoms with E-state index in [4.69, 9.17) is 0 Å². The van der Waals surface area contributed by atoms with Crippen molar-refractivity contribution < 1.29 is 13.7 Å². The molecule has 0 bridgehead atoms. The molecule has 0 unspecified atom stereocenters. The van der Waals surface area contributed by atoms with Gasteiger partial charge in [-0.25, -0.2) is 8.78 Å². The number of nitrogens with one attached hydrogen (secondary N) is 1. The second-order valence-corrected chi connectivity index (χ2v) is 5.01. The molecule has 20 heavy (non-hydrogen) atoms. The van der Waals surface area contributed by atoms with Crippen LogP contribution in [0, 0.1) is 17.0 Å². The van der Waals surface area contributed by atoms with E-state index in [1.54, 1.807) is 11.3 Å². The van der Waals surface area contributed by atoms with E-state index in [0.29, 0.717) is 6.54 Å². The molecule has 0 aliphatic carbocycles. The zero-order valence-electron chi connectivity index (χ0n) is 10.6. The van der Waals surface area contributed by atoms with Gasteiger partial charge in [-0.3, -0.25) is 10.1 Å². The minimum absolute atomic E-state index is 0.219. The summed E-state index contributed by atoms with van der Waals surface area (Å²) in [5.41, 5.74) is 1.64. The standard InChI is InChI=1S/C13H12F2N2O2S/c1-8-6-20-7-9(8)5-16-12-3-2-10(17(18)19)4-11(12)13(14)15/h2-4,6-7,13,16H,5H2,1H3. The molecule has 2 rings (SSSR count). The van der Waals surface area contributed by atoms with Gasteiger partial charge in [-0.05, 0) is 34.9 Å². The van der Waals surface area contributed by atoms with Crippen LogP contribution in [-0.2, 0) is 6.54 Å². The van der Waals surface area contributed by atoms with E-state index >= 15 is 0 Å². The fourth-order valence-corrected chi connectivity index (χ4v) is 2.62. The molecule has 0 aliphatic rings. The first-order valence-corrected chi connectivity index (χ1v) is 6.75. The zero-order chi connectivity index (χ0) is 14.7. The zero-order valence-corrected chi connectivity index (χ0v) is 11.4. The number of benzene rings is 1. The Morgan fingerprint density at radius 1 is 1.40 bits per heavy atom. The Morgan fingerprint density at radius 2 is 2.15 bits per heavy atom. The number of hydrogen-bond acceptors (Lipinski definition) is 4. The van der Waals surface area contributed by atoms with Crippen LogP contribution in [0.4, 0.5) is 20.2 Å². The smallest absolute Gasteiger partial charge is 0.270 e. The molecule has 106 valence electrons. The van der Waals surface area contributed by atoms with Gasteiger partial charge in [-0.2, -0.15) is 11.3 Å². The van der Waals surface area contributed by atoms with Crippen molar-refractivity contribution >= 4 is 22.7 Å². The van der Waals surface area contributed by atoms with Crippen LogP contribution in [0.2, 0.25) is 0 Å². The lowest BCUT2D eigenvalue weighted by Gasteiger charge is -2.11. The monoisotopic (exact) mass is 298 g/mol. The number of nitro benzene ring substituents is 1. The van der Waals surface area contributed by atoms with Gasteiger partial charge in [0.05, 0.1) is 4.92 Å². The highest BCUT2D eigenvalue weighted by molar-refractivity contribution is 7.08. The Labute approximate surface area is 118 Å². The number of nitro groups is 1. The molecular weight excluding hydrogens is 286 g/mol. The van der Waals surface area contributed by atoms with Crippen molar-refractivity contribution in [2.75, 3.05) is 5.32 Å². The minimum atomic E-state index is -2.76. The molecule has 1 heterocycles. The number of alkyl halides is 2. The number of nitrogens with zero attached hydrogens (tertiary/aromatic N) is 1. The Kier molecular flexibility index (Phi) is 4.29. The fraction of sp³-hybridized carbons (Fsp3) is 0.231. The maximum atomic E-state index is 13.0. The van der Waals surface area contributed by atoms with Crippen molar-refractivity contribution in [3.63, 3.8) is 0 Å². The number of non-ortho nitro benzene ring substituents is 1. The molecule has 1 aromatic carbocycles. The summed E-state index contributed by atoms with van der Waals surface area (Å²) >= 11 is 1.54. The lowest BCUT2D eigenvalue weighted by Crippen LogP contribution is -2.03. The maximum Gasteiger partial charge on any atom is 0.270 e. The van der Waals surface area contributed by atoms with Crippen molar-refractivity contribution in [2.45, 2.75) is 19.9 Å². The Hall–Kier alpha value is -2.02. The number of anilines is 1. The average molecular weight is 298 g/mol. The first-order valence-electron chi connectivity index (χ1n) is 5.81. The van der Waals surface area contributed by atoms with Crippen molar-refractivity contribution in [3.05, 3.63) is 55.8 Å². The molecule has 0 aliphatic heterocycles. The number of aryl methyl sites for hydroxylation is 1. The lowest BCUT2D eigenvalue weighted by molar-refractivity contribution is -0.385. The van der Waals surface area contributed by atoms with Gasteiger partial charge in [0.2, 0.25) is 0 Å². The van der Waals surface area contributed by atoms with Crippen molar-refractivity contribution in [3.8, 4) is 0 Å². The Bertz CT molecular complexity index is 629. The molecule has 1 aromatic heterocycles. The molecule has 0 saturated carbocycles. The van der Waals surface area contributed by atoms with E-state index in [1.807, 2.05) is 17.7 Å². The second-order valence-electron chi connectivity index (χ2n) is 4.26. The second kappa shape index (κ2) is 5.96. The molecule has 4 nitrogen and oxygen atoms in total. The molecule has 1 N–H and O–H groups in total. The van der Waals surface area contributed by atoms with Gasteiger partial charge in [-0.1, -0.05) is 0 Å². The summed E-state index contributed by atoms with van der Waals surface area (Å²) in [5.74, 6) is 0. The third-order valence-electron chi connectivity index (χ3n) is 2.91. The van der Waals surface area contributed by atoms with E-state index in [1.165, 1.54) is 12.1 Å². The first kappa shape index (κ1) is 14.4. The van der Waals surface area contributed by atoms with Gasteiger partial charge >= 0.3 is 0 Å². The van der Waals surface area contributed by atoms with Crippen LogP contribution in [-0.4, -0.2) is 4.92 Å². The summed E-state index contributed by atoms with van der Waals surface area (Å²) < 4.78 is 25.9. The quantitative estimate of drug-likeness (QED) is 0.652. The maximum absolute atomic E-state index is 13.0. The number of hydrogen-bond donors (Lipinski definition) is 1. The van der Waals surface area contributed by atoms with Crippen molar-refractivity contribution in [2.24, 2.45) is 0 Å². The van der Waals surface area contributed by atoms with Crippen LogP contribution in [0.15, 0.2) is 29.0 Å². The Balaban J connectivity index is 2.22. The van der Waals surface area contributed by atoms with E-state index in [9.17, 15) is 18.9 Å². The molecule has 0 spiro atoms. The molecule has 0 amide bonds. The minimum Gasteiger partial charge on any atom is -0.381 e. The molecule has 2 aromatic rings. The predicted molar refractivity (Wildman–Crippen MR) is 74.4 cm³/mol. The van der Waals surface area contributed by atoms with Crippen LogP contribution in [0.1, 0.15) is 23.1 Å². The third kappa shape index (κ3) is 3.11. The van der Waals surface area contributed by atoms with Gasteiger partial charge in [0.1, 0.15) is 0 Å². The van der Waals surface area contributed by atoms with Crippen molar-refractivity contribution in [1.82, 2.24) is 0 Å². The molecule has 7 heteroatoms. The molecule has 0 atom stereocenters.